The minimum Gasteiger partial charge on any atom is -0.444 e. The number of hydrogen-bond donors (Lipinski definition) is 1. The number of rotatable bonds is 5. The molecule has 116 valence electrons. The monoisotopic (exact) mass is 357 g/mol. The molecule has 1 aliphatic rings. The fourth-order valence-corrected chi connectivity index (χ4v) is 2.52. The Hall–Kier alpha value is -1.34. The topological polar surface area (TPSA) is 65.8 Å². The quantitative estimate of drug-likeness (QED) is 0.863. The fraction of sp³-hybridized carbons (Fsp3) is 0.571. The average molecular weight is 358 g/mol. The zero-order valence-electron chi connectivity index (χ0n) is 12.1. The van der Waals surface area contributed by atoms with E-state index < -0.39 is 0 Å². The number of furan rings is 1. The third-order valence-corrected chi connectivity index (χ3v) is 3.81. The molecule has 2 rings (SSSR count). The SMILES string of the molecule is CCCNC(=O)CN1CCN(C(=O)c2ccc(Br)o2)CC1. The van der Waals surface area contributed by atoms with E-state index in [1.54, 1.807) is 17.0 Å². The molecule has 0 aliphatic carbocycles. The summed E-state index contributed by atoms with van der Waals surface area (Å²) in [5.74, 6) is 0.290. The number of carbonyl (C=O) groups excluding carboxylic acids is 2. The van der Waals surface area contributed by atoms with Crippen molar-refractivity contribution >= 4 is 27.7 Å². The van der Waals surface area contributed by atoms with Gasteiger partial charge in [-0.2, -0.15) is 0 Å². The average Bonchev–Trinajstić information content (AvgIpc) is 2.92. The molecule has 6 nitrogen and oxygen atoms in total. The molecule has 2 heterocycles. The minimum absolute atomic E-state index is 0.0478. The molecule has 1 aromatic rings. The van der Waals surface area contributed by atoms with E-state index in [9.17, 15) is 9.59 Å². The molecule has 0 unspecified atom stereocenters. The third kappa shape index (κ3) is 4.57. The summed E-state index contributed by atoms with van der Waals surface area (Å²) in [6.45, 7) is 5.76. The molecule has 2 amide bonds. The van der Waals surface area contributed by atoms with Crippen LogP contribution in [-0.2, 0) is 4.79 Å². The molecule has 1 aromatic heterocycles. The number of nitrogens with one attached hydrogen (secondary N) is 1. The number of nitrogens with zero attached hydrogens (tertiary/aromatic N) is 2. The highest BCUT2D eigenvalue weighted by Gasteiger charge is 2.24. The smallest absolute Gasteiger partial charge is 0.289 e. The first-order valence-electron chi connectivity index (χ1n) is 7.14. The maximum absolute atomic E-state index is 12.2. The minimum atomic E-state index is -0.101. The summed E-state index contributed by atoms with van der Waals surface area (Å²) in [6.07, 6.45) is 0.937. The number of amides is 2. The van der Waals surface area contributed by atoms with Crippen LogP contribution in [0.25, 0.3) is 0 Å². The summed E-state index contributed by atoms with van der Waals surface area (Å²) in [6, 6.07) is 3.37. The Morgan fingerprint density at radius 1 is 1.29 bits per heavy atom. The zero-order valence-corrected chi connectivity index (χ0v) is 13.7. The van der Waals surface area contributed by atoms with Crippen molar-refractivity contribution in [3.05, 3.63) is 22.6 Å². The summed E-state index contributed by atoms with van der Waals surface area (Å²) >= 11 is 3.19. The molecule has 0 saturated carbocycles. The van der Waals surface area contributed by atoms with Gasteiger partial charge in [-0.15, -0.1) is 0 Å². The lowest BCUT2D eigenvalue weighted by atomic mass is 10.3. The van der Waals surface area contributed by atoms with Crippen LogP contribution in [0.2, 0.25) is 0 Å². The van der Waals surface area contributed by atoms with Gasteiger partial charge in [0.05, 0.1) is 6.54 Å². The number of halogens is 1. The van der Waals surface area contributed by atoms with Crippen molar-refractivity contribution in [2.45, 2.75) is 13.3 Å². The van der Waals surface area contributed by atoms with Crippen LogP contribution in [0.5, 0.6) is 0 Å². The first kappa shape index (κ1) is 16.0. The van der Waals surface area contributed by atoms with Gasteiger partial charge in [0.25, 0.3) is 5.91 Å². The van der Waals surface area contributed by atoms with Gasteiger partial charge in [-0.25, -0.2) is 0 Å². The molecule has 1 saturated heterocycles. The molecule has 0 atom stereocenters. The molecule has 7 heteroatoms. The van der Waals surface area contributed by atoms with Gasteiger partial charge in [-0.3, -0.25) is 14.5 Å². The van der Waals surface area contributed by atoms with E-state index in [4.69, 9.17) is 4.42 Å². The van der Waals surface area contributed by atoms with Crippen LogP contribution in [0, 0.1) is 0 Å². The van der Waals surface area contributed by atoms with Crippen LogP contribution in [0.3, 0.4) is 0 Å². The van der Waals surface area contributed by atoms with Crippen molar-refractivity contribution in [3.63, 3.8) is 0 Å². The first-order valence-corrected chi connectivity index (χ1v) is 7.93. The van der Waals surface area contributed by atoms with Gasteiger partial charge < -0.3 is 14.6 Å². The second kappa shape index (κ2) is 7.61. The van der Waals surface area contributed by atoms with Crippen molar-refractivity contribution < 1.29 is 14.0 Å². The predicted molar refractivity (Wildman–Crippen MR) is 82.1 cm³/mol. The van der Waals surface area contributed by atoms with Gasteiger partial charge >= 0.3 is 0 Å². The van der Waals surface area contributed by atoms with E-state index in [0.717, 1.165) is 6.42 Å². The largest absolute Gasteiger partial charge is 0.444 e. The van der Waals surface area contributed by atoms with Crippen LogP contribution in [0.1, 0.15) is 23.9 Å². The van der Waals surface area contributed by atoms with Gasteiger partial charge in [0, 0.05) is 32.7 Å². The van der Waals surface area contributed by atoms with E-state index in [0.29, 0.717) is 49.7 Å². The number of piperazine rings is 1. The van der Waals surface area contributed by atoms with Crippen molar-refractivity contribution in [2.75, 3.05) is 39.3 Å². The molecule has 0 spiro atoms. The molecule has 0 radical (unpaired) electrons. The lowest BCUT2D eigenvalue weighted by molar-refractivity contribution is -0.122. The third-order valence-electron chi connectivity index (χ3n) is 3.38. The molecule has 1 aliphatic heterocycles. The zero-order chi connectivity index (χ0) is 15.2. The van der Waals surface area contributed by atoms with Crippen LogP contribution >= 0.6 is 15.9 Å². The summed E-state index contributed by atoms with van der Waals surface area (Å²) in [5, 5.41) is 2.86. The molecule has 1 fully saturated rings. The maximum Gasteiger partial charge on any atom is 0.289 e. The molecule has 0 aromatic carbocycles. The predicted octanol–water partition coefficient (Wildman–Crippen LogP) is 1.33. The summed E-state index contributed by atoms with van der Waals surface area (Å²) < 4.78 is 5.83. The van der Waals surface area contributed by atoms with Gasteiger partial charge in [0.2, 0.25) is 5.91 Å². The Kier molecular flexibility index (Phi) is 5.81. The Balaban J connectivity index is 1.78. The van der Waals surface area contributed by atoms with E-state index in [1.165, 1.54) is 0 Å². The van der Waals surface area contributed by atoms with Gasteiger partial charge in [-0.05, 0) is 34.5 Å². The summed E-state index contributed by atoms with van der Waals surface area (Å²) in [5.41, 5.74) is 0. The first-order chi connectivity index (χ1) is 10.1. The standard InChI is InChI=1S/C14H20BrN3O3/c1-2-5-16-13(19)10-17-6-8-18(9-7-17)14(20)11-3-4-12(15)21-11/h3-4H,2,5-10H2,1H3,(H,16,19). The van der Waals surface area contributed by atoms with Crippen LogP contribution in [0.15, 0.2) is 21.2 Å². The highest BCUT2D eigenvalue weighted by Crippen LogP contribution is 2.16. The van der Waals surface area contributed by atoms with Crippen LogP contribution in [0.4, 0.5) is 0 Å². The Morgan fingerprint density at radius 3 is 2.57 bits per heavy atom. The Morgan fingerprint density at radius 2 is 2.00 bits per heavy atom. The van der Waals surface area contributed by atoms with Crippen LogP contribution < -0.4 is 5.32 Å². The van der Waals surface area contributed by atoms with Crippen molar-refractivity contribution in [1.82, 2.24) is 15.1 Å². The van der Waals surface area contributed by atoms with Crippen LogP contribution in [-0.4, -0.2) is 60.9 Å². The normalized spacial score (nSPS) is 16.0. The van der Waals surface area contributed by atoms with Gasteiger partial charge in [-0.1, -0.05) is 6.92 Å². The maximum atomic E-state index is 12.2. The number of hydrogen-bond acceptors (Lipinski definition) is 4. The lowest BCUT2D eigenvalue weighted by Gasteiger charge is -2.33. The summed E-state index contributed by atoms with van der Waals surface area (Å²) in [4.78, 5) is 27.7. The highest BCUT2D eigenvalue weighted by molar-refractivity contribution is 9.10. The second-order valence-corrected chi connectivity index (χ2v) is 5.80. The van der Waals surface area contributed by atoms with E-state index >= 15 is 0 Å². The van der Waals surface area contributed by atoms with E-state index in [2.05, 4.69) is 26.1 Å². The Bertz CT molecular complexity index is 495. The summed E-state index contributed by atoms with van der Waals surface area (Å²) in [7, 11) is 0. The van der Waals surface area contributed by atoms with E-state index in [-0.39, 0.29) is 11.8 Å². The van der Waals surface area contributed by atoms with Crippen molar-refractivity contribution in [3.8, 4) is 0 Å². The van der Waals surface area contributed by atoms with Crippen molar-refractivity contribution in [2.24, 2.45) is 0 Å². The highest BCUT2D eigenvalue weighted by atomic mass is 79.9. The molecule has 0 bridgehead atoms. The van der Waals surface area contributed by atoms with Gasteiger partial charge in [0.1, 0.15) is 0 Å². The lowest BCUT2D eigenvalue weighted by Crippen LogP contribution is -2.51. The number of carbonyl (C=O) groups is 2. The molecular weight excluding hydrogens is 338 g/mol. The fourth-order valence-electron chi connectivity index (χ4n) is 2.22. The Labute approximate surface area is 132 Å². The van der Waals surface area contributed by atoms with Gasteiger partial charge in [0.15, 0.2) is 10.4 Å². The molecule has 21 heavy (non-hydrogen) atoms. The van der Waals surface area contributed by atoms with E-state index in [1.807, 2.05) is 6.92 Å². The molecular formula is C14H20BrN3O3. The van der Waals surface area contributed by atoms with Crippen molar-refractivity contribution in [1.29, 1.82) is 0 Å². The molecule has 1 N–H and O–H groups in total. The second-order valence-electron chi connectivity index (χ2n) is 5.02.